The van der Waals surface area contributed by atoms with Gasteiger partial charge in [-0.2, -0.15) is 0 Å². The molecular formula is C29H56N2O6+2. The maximum atomic E-state index is 12.1. The summed E-state index contributed by atoms with van der Waals surface area (Å²) in [4.78, 5) is 35.8. The Hall–Kier alpha value is -1.93. The molecule has 0 aromatic rings. The molecule has 1 atom stereocenters. The average molecular weight is 529 g/mol. The van der Waals surface area contributed by atoms with Crippen LogP contribution in [0.15, 0.2) is 12.2 Å². The van der Waals surface area contributed by atoms with Gasteiger partial charge in [0.05, 0.1) is 25.9 Å². The molecule has 0 spiro atoms. The molecule has 0 aromatic carbocycles. The number of esters is 3. The first-order valence-corrected chi connectivity index (χ1v) is 14.8. The van der Waals surface area contributed by atoms with Crippen molar-refractivity contribution in [1.29, 1.82) is 0 Å². The summed E-state index contributed by atoms with van der Waals surface area (Å²) in [5.74, 6) is -1.10. The van der Waals surface area contributed by atoms with Gasteiger partial charge >= 0.3 is 17.9 Å². The van der Waals surface area contributed by atoms with E-state index in [0.29, 0.717) is 32.4 Å². The van der Waals surface area contributed by atoms with Crippen LogP contribution in [0.4, 0.5) is 0 Å². The number of carbonyl (C=O) groups is 3. The van der Waals surface area contributed by atoms with Crippen molar-refractivity contribution in [2.75, 3.05) is 26.3 Å². The minimum absolute atomic E-state index is 0.108. The van der Waals surface area contributed by atoms with Crippen molar-refractivity contribution < 1.29 is 40.1 Å². The number of hydrogen-bond acceptors (Lipinski definition) is 6. The van der Waals surface area contributed by atoms with Crippen molar-refractivity contribution in [2.24, 2.45) is 0 Å². The van der Waals surface area contributed by atoms with Crippen LogP contribution in [0, 0.1) is 0 Å². The van der Waals surface area contributed by atoms with E-state index in [1.54, 1.807) is 0 Å². The van der Waals surface area contributed by atoms with Gasteiger partial charge in [-0.05, 0) is 32.1 Å². The van der Waals surface area contributed by atoms with Gasteiger partial charge in [0.2, 0.25) is 0 Å². The zero-order valence-electron chi connectivity index (χ0n) is 23.7. The van der Waals surface area contributed by atoms with E-state index < -0.39 is 12.1 Å². The fourth-order valence-corrected chi connectivity index (χ4v) is 3.76. The predicted octanol–water partition coefficient (Wildman–Crippen LogP) is 4.07. The Labute approximate surface area is 225 Å². The van der Waals surface area contributed by atoms with E-state index in [4.69, 9.17) is 14.2 Å². The molecule has 0 saturated heterocycles. The minimum Gasteiger partial charge on any atom is -0.462 e. The average Bonchev–Trinajstić information content (AvgIpc) is 2.89. The topological polar surface area (TPSA) is 134 Å². The summed E-state index contributed by atoms with van der Waals surface area (Å²) < 4.78 is 15.8. The molecule has 8 heteroatoms. The Morgan fingerprint density at radius 1 is 0.595 bits per heavy atom. The van der Waals surface area contributed by atoms with Crippen molar-refractivity contribution in [3.63, 3.8) is 0 Å². The van der Waals surface area contributed by atoms with Gasteiger partial charge < -0.3 is 25.7 Å². The van der Waals surface area contributed by atoms with Crippen LogP contribution >= 0.6 is 0 Å². The number of quaternary nitrogens is 2. The number of carbonyl (C=O) groups excluding carboxylic acids is 3. The summed E-state index contributed by atoms with van der Waals surface area (Å²) in [6.45, 7) is 3.30. The SMILES string of the molecule is CCCCCCCC/C=C/CCCCCCCC(=O)OCC(COC(=O)CCC[NH3+])OC(=O)CCC[NH3+]. The van der Waals surface area contributed by atoms with E-state index >= 15 is 0 Å². The normalized spacial score (nSPS) is 12.0. The van der Waals surface area contributed by atoms with Gasteiger partial charge in [-0.1, -0.05) is 70.4 Å². The molecule has 0 aliphatic heterocycles. The van der Waals surface area contributed by atoms with Gasteiger partial charge in [0.25, 0.3) is 0 Å². The molecule has 1 unspecified atom stereocenters. The zero-order valence-corrected chi connectivity index (χ0v) is 23.7. The molecular weight excluding hydrogens is 472 g/mol. The lowest BCUT2D eigenvalue weighted by atomic mass is 10.1. The number of unbranched alkanes of at least 4 members (excludes halogenated alkanes) is 11. The van der Waals surface area contributed by atoms with Crippen LogP contribution in [0.25, 0.3) is 0 Å². The maximum absolute atomic E-state index is 12.1. The van der Waals surface area contributed by atoms with E-state index in [1.165, 1.54) is 57.8 Å². The van der Waals surface area contributed by atoms with Crippen LogP contribution in [0.5, 0.6) is 0 Å². The highest BCUT2D eigenvalue weighted by Crippen LogP contribution is 2.11. The monoisotopic (exact) mass is 528 g/mol. The third-order valence-electron chi connectivity index (χ3n) is 6.06. The molecule has 0 amide bonds. The van der Waals surface area contributed by atoms with Crippen LogP contribution < -0.4 is 11.5 Å². The summed E-state index contributed by atoms with van der Waals surface area (Å²) in [6.07, 6.45) is 21.5. The lowest BCUT2D eigenvalue weighted by Crippen LogP contribution is -2.50. The largest absolute Gasteiger partial charge is 0.462 e. The van der Waals surface area contributed by atoms with Gasteiger partial charge in [0, 0.05) is 19.3 Å². The fourth-order valence-electron chi connectivity index (χ4n) is 3.76. The van der Waals surface area contributed by atoms with Gasteiger partial charge in [0.1, 0.15) is 13.2 Å². The Morgan fingerprint density at radius 3 is 1.54 bits per heavy atom. The quantitative estimate of drug-likeness (QED) is 0.0752. The molecule has 0 aliphatic carbocycles. The molecule has 0 heterocycles. The molecule has 0 rings (SSSR count). The number of rotatable bonds is 26. The molecule has 0 radical (unpaired) electrons. The standard InChI is InChI=1S/C29H54N2O6/c1-2-3-4-5-6-7-8-9-10-11-12-13-14-15-16-19-27(32)35-24-26(37-29(34)21-18-23-31)25-36-28(33)20-17-22-30/h9-10,26H,2-8,11-25,30-31H2,1H3/p+2/b10-9+. The summed E-state index contributed by atoms with van der Waals surface area (Å²) in [5.41, 5.74) is 7.41. The van der Waals surface area contributed by atoms with E-state index in [-0.39, 0.29) is 38.0 Å². The summed E-state index contributed by atoms with van der Waals surface area (Å²) >= 11 is 0. The molecule has 8 nitrogen and oxygen atoms in total. The van der Waals surface area contributed by atoms with E-state index in [9.17, 15) is 14.4 Å². The Balaban J connectivity index is 3.93. The van der Waals surface area contributed by atoms with E-state index in [0.717, 1.165) is 25.7 Å². The number of allylic oxidation sites excluding steroid dienone is 2. The van der Waals surface area contributed by atoms with Crippen LogP contribution in [0.1, 0.15) is 122 Å². The van der Waals surface area contributed by atoms with Gasteiger partial charge in [0.15, 0.2) is 6.10 Å². The number of ether oxygens (including phenoxy) is 3. The van der Waals surface area contributed by atoms with Crippen molar-refractivity contribution >= 4 is 17.9 Å². The first-order valence-electron chi connectivity index (χ1n) is 14.8. The van der Waals surface area contributed by atoms with Crippen LogP contribution in [0.3, 0.4) is 0 Å². The van der Waals surface area contributed by atoms with Crippen LogP contribution in [-0.2, 0) is 28.6 Å². The highest BCUT2D eigenvalue weighted by atomic mass is 16.6. The minimum atomic E-state index is -0.793. The third-order valence-corrected chi connectivity index (χ3v) is 6.06. The Kier molecular flexibility index (Phi) is 25.7. The highest BCUT2D eigenvalue weighted by molar-refractivity contribution is 5.71. The molecule has 6 N–H and O–H groups in total. The number of hydrogen-bond donors (Lipinski definition) is 2. The summed E-state index contributed by atoms with van der Waals surface area (Å²) in [5, 5.41) is 0. The molecule has 0 saturated carbocycles. The summed E-state index contributed by atoms with van der Waals surface area (Å²) in [6, 6.07) is 0. The molecule has 216 valence electrons. The fraction of sp³-hybridized carbons (Fsp3) is 0.828. The predicted molar refractivity (Wildman–Crippen MR) is 145 cm³/mol. The maximum Gasteiger partial charge on any atom is 0.306 e. The van der Waals surface area contributed by atoms with Crippen LogP contribution in [-0.4, -0.2) is 50.3 Å². The smallest absolute Gasteiger partial charge is 0.306 e. The first kappa shape index (κ1) is 35.1. The Bertz CT molecular complexity index is 597. The van der Waals surface area contributed by atoms with Crippen LogP contribution in [0.2, 0.25) is 0 Å². The van der Waals surface area contributed by atoms with Gasteiger partial charge in [-0.3, -0.25) is 14.4 Å². The zero-order chi connectivity index (χ0) is 27.4. The second-order valence-electron chi connectivity index (χ2n) is 9.73. The third kappa shape index (κ3) is 25.5. The van der Waals surface area contributed by atoms with E-state index in [2.05, 4.69) is 30.5 Å². The molecule has 0 aliphatic rings. The lowest BCUT2D eigenvalue weighted by Gasteiger charge is -2.18. The van der Waals surface area contributed by atoms with E-state index in [1.807, 2.05) is 0 Å². The molecule has 37 heavy (non-hydrogen) atoms. The van der Waals surface area contributed by atoms with Crippen molar-refractivity contribution in [2.45, 2.75) is 129 Å². The van der Waals surface area contributed by atoms with Crippen molar-refractivity contribution in [3.8, 4) is 0 Å². The highest BCUT2D eigenvalue weighted by Gasteiger charge is 2.19. The second kappa shape index (κ2) is 27.1. The summed E-state index contributed by atoms with van der Waals surface area (Å²) in [7, 11) is 0. The first-order chi connectivity index (χ1) is 18.0. The molecule has 0 bridgehead atoms. The van der Waals surface area contributed by atoms with Gasteiger partial charge in [-0.15, -0.1) is 0 Å². The molecule has 0 aromatic heterocycles. The lowest BCUT2D eigenvalue weighted by molar-refractivity contribution is -0.368. The van der Waals surface area contributed by atoms with Crippen molar-refractivity contribution in [1.82, 2.24) is 0 Å². The Morgan fingerprint density at radius 2 is 1.03 bits per heavy atom. The van der Waals surface area contributed by atoms with Gasteiger partial charge in [-0.25, -0.2) is 0 Å². The molecule has 0 fully saturated rings. The second-order valence-corrected chi connectivity index (χ2v) is 9.73. The van der Waals surface area contributed by atoms with Crippen molar-refractivity contribution in [3.05, 3.63) is 12.2 Å².